The number of halogens is 2. The van der Waals surface area contributed by atoms with Crippen molar-refractivity contribution in [3.05, 3.63) is 39.4 Å². The SMILES string of the molecule is CCc1cc(F)cc(F)c1[N+](=O)[O-]. The fourth-order valence-corrected chi connectivity index (χ4v) is 1.09. The van der Waals surface area contributed by atoms with E-state index in [0.29, 0.717) is 6.07 Å². The molecule has 5 heteroatoms. The molecule has 0 aliphatic rings. The lowest BCUT2D eigenvalue weighted by molar-refractivity contribution is -0.388. The molecule has 0 aromatic heterocycles. The lowest BCUT2D eigenvalue weighted by atomic mass is 10.1. The number of hydrogen-bond acceptors (Lipinski definition) is 2. The summed E-state index contributed by atoms with van der Waals surface area (Å²) in [5.41, 5.74) is -0.564. The first-order valence-corrected chi connectivity index (χ1v) is 3.68. The Labute approximate surface area is 73.1 Å². The predicted molar refractivity (Wildman–Crippen MR) is 42.4 cm³/mol. The highest BCUT2D eigenvalue weighted by Crippen LogP contribution is 2.24. The van der Waals surface area contributed by atoms with Crippen molar-refractivity contribution in [2.45, 2.75) is 13.3 Å². The van der Waals surface area contributed by atoms with E-state index < -0.39 is 22.2 Å². The van der Waals surface area contributed by atoms with E-state index in [-0.39, 0.29) is 12.0 Å². The second-order valence-electron chi connectivity index (χ2n) is 2.51. The fourth-order valence-electron chi connectivity index (χ4n) is 1.09. The first-order valence-electron chi connectivity index (χ1n) is 3.68. The predicted octanol–water partition coefficient (Wildman–Crippen LogP) is 2.44. The van der Waals surface area contributed by atoms with Crippen LogP contribution in [0.15, 0.2) is 12.1 Å². The highest BCUT2D eigenvalue weighted by atomic mass is 19.1. The van der Waals surface area contributed by atoms with Crippen LogP contribution in [0.4, 0.5) is 14.5 Å². The van der Waals surface area contributed by atoms with E-state index in [1.807, 2.05) is 0 Å². The summed E-state index contributed by atoms with van der Waals surface area (Å²) in [6, 6.07) is 1.48. The van der Waals surface area contributed by atoms with E-state index in [2.05, 4.69) is 0 Å². The maximum atomic E-state index is 12.9. The molecule has 0 aliphatic heterocycles. The van der Waals surface area contributed by atoms with Gasteiger partial charge in [0, 0.05) is 11.6 Å². The molecular weight excluding hydrogens is 180 g/mol. The van der Waals surface area contributed by atoms with Gasteiger partial charge in [0.25, 0.3) is 0 Å². The van der Waals surface area contributed by atoms with E-state index in [4.69, 9.17) is 0 Å². The Balaban J connectivity index is 3.38. The minimum atomic E-state index is -1.12. The third kappa shape index (κ3) is 1.80. The van der Waals surface area contributed by atoms with Gasteiger partial charge < -0.3 is 0 Å². The highest BCUT2D eigenvalue weighted by molar-refractivity contribution is 5.41. The molecule has 0 saturated carbocycles. The molecule has 1 aromatic carbocycles. The summed E-state index contributed by atoms with van der Waals surface area (Å²) in [5.74, 6) is -1.91. The Morgan fingerprint density at radius 3 is 2.54 bits per heavy atom. The van der Waals surface area contributed by atoms with Crippen LogP contribution in [0.2, 0.25) is 0 Å². The normalized spacial score (nSPS) is 10.1. The van der Waals surface area contributed by atoms with E-state index in [1.54, 1.807) is 6.92 Å². The van der Waals surface area contributed by atoms with E-state index >= 15 is 0 Å². The molecule has 0 spiro atoms. The molecule has 0 fully saturated rings. The minimum Gasteiger partial charge on any atom is -0.258 e. The molecule has 3 nitrogen and oxygen atoms in total. The molecule has 1 aromatic rings. The van der Waals surface area contributed by atoms with E-state index in [0.717, 1.165) is 6.07 Å². The van der Waals surface area contributed by atoms with Gasteiger partial charge in [0.15, 0.2) is 0 Å². The number of nitrogens with zero attached hydrogens (tertiary/aromatic N) is 1. The van der Waals surface area contributed by atoms with Crippen molar-refractivity contribution in [1.29, 1.82) is 0 Å². The van der Waals surface area contributed by atoms with Gasteiger partial charge in [-0.2, -0.15) is 4.39 Å². The van der Waals surface area contributed by atoms with Crippen molar-refractivity contribution in [3.8, 4) is 0 Å². The summed E-state index contributed by atoms with van der Waals surface area (Å²) in [7, 11) is 0. The second-order valence-corrected chi connectivity index (χ2v) is 2.51. The molecule has 0 radical (unpaired) electrons. The average molecular weight is 187 g/mol. The molecule has 13 heavy (non-hydrogen) atoms. The molecule has 0 unspecified atom stereocenters. The Hall–Kier alpha value is -1.52. The summed E-state index contributed by atoms with van der Waals surface area (Å²) in [4.78, 5) is 9.52. The lowest BCUT2D eigenvalue weighted by Crippen LogP contribution is -1.99. The molecule has 0 saturated heterocycles. The summed E-state index contributed by atoms with van der Waals surface area (Å²) < 4.78 is 25.5. The molecule has 0 N–H and O–H groups in total. The molecule has 0 bridgehead atoms. The van der Waals surface area contributed by atoms with Crippen LogP contribution in [0.5, 0.6) is 0 Å². The van der Waals surface area contributed by atoms with Crippen molar-refractivity contribution >= 4 is 5.69 Å². The largest absolute Gasteiger partial charge is 0.308 e. The lowest BCUT2D eigenvalue weighted by Gasteiger charge is -2.00. The highest BCUT2D eigenvalue weighted by Gasteiger charge is 2.20. The van der Waals surface area contributed by atoms with Gasteiger partial charge in [-0.3, -0.25) is 10.1 Å². The van der Waals surface area contributed by atoms with Crippen LogP contribution in [0, 0.1) is 21.7 Å². The van der Waals surface area contributed by atoms with E-state index in [1.165, 1.54) is 0 Å². The third-order valence-corrected chi connectivity index (χ3v) is 1.67. The number of nitro groups is 1. The zero-order chi connectivity index (χ0) is 10.0. The van der Waals surface area contributed by atoms with Crippen LogP contribution in [0.3, 0.4) is 0 Å². The van der Waals surface area contributed by atoms with Gasteiger partial charge in [-0.1, -0.05) is 6.92 Å². The first-order chi connectivity index (χ1) is 6.06. The van der Waals surface area contributed by atoms with Gasteiger partial charge in [0.05, 0.1) is 4.92 Å². The Kier molecular flexibility index (Phi) is 2.55. The summed E-state index contributed by atoms with van der Waals surface area (Å²) in [6.07, 6.45) is 0.227. The fraction of sp³-hybridized carbons (Fsp3) is 0.250. The Morgan fingerprint density at radius 1 is 1.46 bits per heavy atom. The smallest absolute Gasteiger partial charge is 0.258 e. The number of nitro benzene ring substituents is 1. The van der Waals surface area contributed by atoms with E-state index in [9.17, 15) is 18.9 Å². The average Bonchev–Trinajstić information content (AvgIpc) is 2.01. The molecule has 0 atom stereocenters. The molecule has 1 rings (SSSR count). The maximum Gasteiger partial charge on any atom is 0.308 e. The van der Waals surface area contributed by atoms with Gasteiger partial charge in [-0.05, 0) is 12.5 Å². The molecule has 0 aliphatic carbocycles. The summed E-state index contributed by atoms with van der Waals surface area (Å²) in [5, 5.41) is 10.4. The van der Waals surface area contributed by atoms with Crippen molar-refractivity contribution < 1.29 is 13.7 Å². The maximum absolute atomic E-state index is 12.9. The van der Waals surface area contributed by atoms with Gasteiger partial charge in [-0.15, -0.1) is 0 Å². The van der Waals surface area contributed by atoms with Crippen LogP contribution in [0.1, 0.15) is 12.5 Å². The zero-order valence-electron chi connectivity index (χ0n) is 6.88. The Morgan fingerprint density at radius 2 is 2.08 bits per heavy atom. The third-order valence-electron chi connectivity index (χ3n) is 1.67. The van der Waals surface area contributed by atoms with Crippen molar-refractivity contribution in [1.82, 2.24) is 0 Å². The monoisotopic (exact) mass is 187 g/mol. The first kappa shape index (κ1) is 9.57. The van der Waals surface area contributed by atoms with Gasteiger partial charge in [-0.25, -0.2) is 4.39 Å². The van der Waals surface area contributed by atoms with Crippen LogP contribution in [-0.2, 0) is 6.42 Å². The number of hydrogen-bond donors (Lipinski definition) is 0. The quantitative estimate of drug-likeness (QED) is 0.527. The van der Waals surface area contributed by atoms with Crippen LogP contribution in [0.25, 0.3) is 0 Å². The topological polar surface area (TPSA) is 43.1 Å². The van der Waals surface area contributed by atoms with Crippen molar-refractivity contribution in [3.63, 3.8) is 0 Å². The van der Waals surface area contributed by atoms with Crippen molar-refractivity contribution in [2.24, 2.45) is 0 Å². The van der Waals surface area contributed by atoms with Gasteiger partial charge >= 0.3 is 5.69 Å². The second kappa shape index (κ2) is 3.47. The number of aryl methyl sites for hydroxylation is 1. The van der Waals surface area contributed by atoms with Crippen LogP contribution < -0.4 is 0 Å². The van der Waals surface area contributed by atoms with Gasteiger partial charge in [0.2, 0.25) is 5.82 Å². The molecular formula is C8H7F2NO2. The molecule has 0 amide bonds. The molecule has 70 valence electrons. The molecule has 0 heterocycles. The number of benzene rings is 1. The van der Waals surface area contributed by atoms with Gasteiger partial charge in [0.1, 0.15) is 5.82 Å². The minimum absolute atomic E-state index is 0.0718. The standard InChI is InChI=1S/C8H7F2NO2/c1-2-5-3-6(9)4-7(10)8(5)11(12)13/h3-4H,2H2,1H3. The number of rotatable bonds is 2. The van der Waals surface area contributed by atoms with Crippen LogP contribution in [-0.4, -0.2) is 4.92 Å². The Bertz CT molecular complexity index is 352. The van der Waals surface area contributed by atoms with Crippen LogP contribution >= 0.6 is 0 Å². The summed E-state index contributed by atoms with van der Waals surface area (Å²) >= 11 is 0. The zero-order valence-corrected chi connectivity index (χ0v) is 6.88. The summed E-state index contributed by atoms with van der Waals surface area (Å²) in [6.45, 7) is 1.60. The van der Waals surface area contributed by atoms with Crippen molar-refractivity contribution in [2.75, 3.05) is 0 Å².